The highest BCUT2D eigenvalue weighted by molar-refractivity contribution is 6.31. The summed E-state index contributed by atoms with van der Waals surface area (Å²) in [5.74, 6) is -1.13. The van der Waals surface area contributed by atoms with Gasteiger partial charge in [-0.25, -0.2) is 4.79 Å². The average molecular weight is 374 g/mol. The summed E-state index contributed by atoms with van der Waals surface area (Å²) in [7, 11) is 0. The molecule has 1 amide bonds. The minimum Gasteiger partial charge on any atom is -0.480 e. The minimum absolute atomic E-state index is 0.110. The lowest BCUT2D eigenvalue weighted by Crippen LogP contribution is -2.18. The van der Waals surface area contributed by atoms with Gasteiger partial charge in [0, 0.05) is 23.5 Å². The van der Waals surface area contributed by atoms with E-state index in [4.69, 9.17) is 16.7 Å². The molecule has 3 aromatic rings. The Balaban J connectivity index is 1.66. The number of aromatic nitrogens is 4. The largest absolute Gasteiger partial charge is 0.480 e. The van der Waals surface area contributed by atoms with Crippen LogP contribution in [0.3, 0.4) is 0 Å². The molecule has 1 unspecified atom stereocenters. The van der Waals surface area contributed by atoms with Crippen molar-refractivity contribution in [3.63, 3.8) is 0 Å². The molecule has 0 fully saturated rings. The number of hydrogen-bond donors (Lipinski definition) is 2. The van der Waals surface area contributed by atoms with Crippen molar-refractivity contribution in [2.45, 2.75) is 19.5 Å². The molecule has 1 aromatic carbocycles. The van der Waals surface area contributed by atoms with Gasteiger partial charge in [-0.15, -0.1) is 0 Å². The Morgan fingerprint density at radius 3 is 2.69 bits per heavy atom. The van der Waals surface area contributed by atoms with Crippen LogP contribution in [-0.2, 0) is 11.3 Å². The number of carboxylic acids is 1. The molecule has 26 heavy (non-hydrogen) atoms. The summed E-state index contributed by atoms with van der Waals surface area (Å²) in [4.78, 5) is 23.2. The zero-order chi connectivity index (χ0) is 18.7. The lowest BCUT2D eigenvalue weighted by atomic mass is 10.2. The maximum atomic E-state index is 12.2. The lowest BCUT2D eigenvalue weighted by molar-refractivity contribution is -0.140. The van der Waals surface area contributed by atoms with Crippen LogP contribution in [0.25, 0.3) is 0 Å². The van der Waals surface area contributed by atoms with E-state index in [1.54, 1.807) is 23.0 Å². The van der Waals surface area contributed by atoms with E-state index < -0.39 is 17.9 Å². The molecule has 0 radical (unpaired) electrons. The molecular weight excluding hydrogens is 358 g/mol. The predicted molar refractivity (Wildman–Crippen MR) is 95.3 cm³/mol. The topological polar surface area (TPSA) is 102 Å². The Hall–Kier alpha value is -3.13. The van der Waals surface area contributed by atoms with Gasteiger partial charge >= 0.3 is 5.97 Å². The van der Waals surface area contributed by atoms with Crippen LogP contribution >= 0.6 is 11.6 Å². The van der Waals surface area contributed by atoms with E-state index in [9.17, 15) is 9.59 Å². The second-order valence-electron chi connectivity index (χ2n) is 5.64. The maximum Gasteiger partial charge on any atom is 0.328 e. The lowest BCUT2D eigenvalue weighted by Gasteiger charge is -2.05. The van der Waals surface area contributed by atoms with Gasteiger partial charge in [0.25, 0.3) is 5.91 Å². The smallest absolute Gasteiger partial charge is 0.328 e. The van der Waals surface area contributed by atoms with E-state index in [1.165, 1.54) is 23.9 Å². The third kappa shape index (κ3) is 3.92. The van der Waals surface area contributed by atoms with Crippen LogP contribution in [0, 0.1) is 0 Å². The molecule has 3 rings (SSSR count). The van der Waals surface area contributed by atoms with E-state index >= 15 is 0 Å². The van der Waals surface area contributed by atoms with Crippen molar-refractivity contribution in [1.29, 1.82) is 0 Å². The van der Waals surface area contributed by atoms with Crippen LogP contribution < -0.4 is 5.32 Å². The molecule has 1 atom stereocenters. The number of carbonyl (C=O) groups is 2. The highest BCUT2D eigenvalue weighted by Crippen LogP contribution is 2.16. The van der Waals surface area contributed by atoms with Crippen LogP contribution in [0.2, 0.25) is 5.02 Å². The van der Waals surface area contributed by atoms with E-state index in [0.717, 1.165) is 5.56 Å². The number of anilines is 1. The number of nitrogens with zero attached hydrogens (tertiary/aromatic N) is 4. The van der Waals surface area contributed by atoms with Gasteiger partial charge in [0.15, 0.2) is 11.5 Å². The number of rotatable bonds is 6. The standard InChI is InChI=1S/C17H16ClN5O3/c1-11(17(25)26)23-9-6-14(20-23)16(24)19-15-7-8-22(21-15)10-12-4-2-3-5-13(12)18/h2-9,11H,10H2,1H3,(H,25,26)(H,19,21,24). The number of halogens is 1. The van der Waals surface area contributed by atoms with Crippen molar-refractivity contribution in [2.24, 2.45) is 0 Å². The van der Waals surface area contributed by atoms with Crippen LogP contribution in [0.15, 0.2) is 48.8 Å². The van der Waals surface area contributed by atoms with Crippen molar-refractivity contribution < 1.29 is 14.7 Å². The van der Waals surface area contributed by atoms with Crippen LogP contribution in [0.1, 0.15) is 29.0 Å². The van der Waals surface area contributed by atoms with Crippen molar-refractivity contribution in [3.8, 4) is 0 Å². The summed E-state index contributed by atoms with van der Waals surface area (Å²) in [6.45, 7) is 1.95. The maximum absolute atomic E-state index is 12.2. The molecular formula is C17H16ClN5O3. The number of aliphatic carboxylic acids is 1. The number of carboxylic acid groups (broad SMARTS) is 1. The molecule has 0 bridgehead atoms. The molecule has 0 saturated carbocycles. The molecule has 2 N–H and O–H groups in total. The van der Waals surface area contributed by atoms with Crippen LogP contribution in [0.4, 0.5) is 5.82 Å². The third-order valence-electron chi connectivity index (χ3n) is 3.77. The van der Waals surface area contributed by atoms with Crippen molar-refractivity contribution in [2.75, 3.05) is 5.32 Å². The molecule has 134 valence electrons. The summed E-state index contributed by atoms with van der Waals surface area (Å²) in [5, 5.41) is 20.5. The zero-order valence-corrected chi connectivity index (χ0v) is 14.6. The van der Waals surface area contributed by atoms with Crippen molar-refractivity contribution in [1.82, 2.24) is 19.6 Å². The van der Waals surface area contributed by atoms with E-state index in [1.807, 2.05) is 18.2 Å². The Labute approximate surface area is 154 Å². The quantitative estimate of drug-likeness (QED) is 0.691. The van der Waals surface area contributed by atoms with Gasteiger partial charge in [0.2, 0.25) is 0 Å². The van der Waals surface area contributed by atoms with E-state index in [-0.39, 0.29) is 5.69 Å². The Kier molecular flexibility index (Phi) is 5.04. The summed E-state index contributed by atoms with van der Waals surface area (Å²) < 4.78 is 2.87. The minimum atomic E-state index is -1.03. The van der Waals surface area contributed by atoms with Gasteiger partial charge in [-0.3, -0.25) is 14.2 Å². The summed E-state index contributed by atoms with van der Waals surface area (Å²) in [6, 6.07) is 9.70. The molecule has 2 heterocycles. The SMILES string of the molecule is CC(C(=O)O)n1ccc(C(=O)Nc2ccn(Cc3ccccc3Cl)n2)n1. The van der Waals surface area contributed by atoms with Gasteiger partial charge in [0.05, 0.1) is 6.54 Å². The fraction of sp³-hybridized carbons (Fsp3) is 0.176. The second kappa shape index (κ2) is 7.40. The predicted octanol–water partition coefficient (Wildman–Crippen LogP) is 2.68. The molecule has 0 spiro atoms. The van der Waals surface area contributed by atoms with Crippen LogP contribution in [-0.4, -0.2) is 36.5 Å². The van der Waals surface area contributed by atoms with E-state index in [0.29, 0.717) is 17.4 Å². The highest BCUT2D eigenvalue weighted by Gasteiger charge is 2.17. The first-order chi connectivity index (χ1) is 12.4. The molecule has 0 saturated heterocycles. The monoisotopic (exact) mass is 373 g/mol. The number of carbonyl (C=O) groups excluding carboxylic acids is 1. The van der Waals surface area contributed by atoms with Crippen LogP contribution in [0.5, 0.6) is 0 Å². The average Bonchev–Trinajstić information content (AvgIpc) is 3.26. The fourth-order valence-corrected chi connectivity index (χ4v) is 2.48. The van der Waals surface area contributed by atoms with Gasteiger partial charge in [0.1, 0.15) is 6.04 Å². The molecule has 2 aromatic heterocycles. The number of benzene rings is 1. The normalized spacial score (nSPS) is 11.9. The summed E-state index contributed by atoms with van der Waals surface area (Å²) >= 11 is 6.13. The van der Waals surface area contributed by atoms with Crippen molar-refractivity contribution in [3.05, 3.63) is 65.1 Å². The molecule has 0 aliphatic carbocycles. The molecule has 8 nitrogen and oxygen atoms in total. The van der Waals surface area contributed by atoms with Gasteiger partial charge in [-0.05, 0) is 24.6 Å². The molecule has 0 aliphatic heterocycles. The summed E-state index contributed by atoms with van der Waals surface area (Å²) in [6.07, 6.45) is 3.17. The first-order valence-corrected chi connectivity index (χ1v) is 8.18. The van der Waals surface area contributed by atoms with Gasteiger partial charge in [-0.1, -0.05) is 29.8 Å². The Morgan fingerprint density at radius 1 is 1.19 bits per heavy atom. The van der Waals surface area contributed by atoms with Crippen molar-refractivity contribution >= 4 is 29.3 Å². The molecule has 9 heteroatoms. The van der Waals surface area contributed by atoms with Gasteiger partial charge in [-0.2, -0.15) is 10.2 Å². The second-order valence-corrected chi connectivity index (χ2v) is 6.05. The first-order valence-electron chi connectivity index (χ1n) is 7.80. The van der Waals surface area contributed by atoms with Gasteiger partial charge < -0.3 is 10.4 Å². The number of hydrogen-bond acceptors (Lipinski definition) is 4. The first kappa shape index (κ1) is 17.7. The molecule has 0 aliphatic rings. The number of nitrogens with one attached hydrogen (secondary N) is 1. The third-order valence-corrected chi connectivity index (χ3v) is 4.14. The van der Waals surface area contributed by atoms with E-state index in [2.05, 4.69) is 15.5 Å². The highest BCUT2D eigenvalue weighted by atomic mass is 35.5. The summed E-state index contributed by atoms with van der Waals surface area (Å²) in [5.41, 5.74) is 1.02. The zero-order valence-electron chi connectivity index (χ0n) is 13.8. The Bertz CT molecular complexity index is 949. The Morgan fingerprint density at radius 2 is 1.96 bits per heavy atom. The number of amides is 1. The fourth-order valence-electron chi connectivity index (χ4n) is 2.29.